The van der Waals surface area contributed by atoms with Crippen LogP contribution in [0, 0.1) is 0 Å². The van der Waals surface area contributed by atoms with E-state index in [1.165, 1.54) is 0 Å². The average molecular weight is 313 g/mol. The van der Waals surface area contributed by atoms with E-state index in [0.717, 1.165) is 0 Å². The summed E-state index contributed by atoms with van der Waals surface area (Å²) in [6, 6.07) is 0.671. The first-order valence-electron chi connectivity index (χ1n) is 3.65. The van der Waals surface area contributed by atoms with Gasteiger partial charge in [0, 0.05) is 0 Å². The van der Waals surface area contributed by atoms with Gasteiger partial charge in [0.15, 0.2) is 0 Å². The molecule has 1 aromatic carbocycles. The Balaban J connectivity index is 3.83. The molecule has 0 radical (unpaired) electrons. The Morgan fingerprint density at radius 1 is 1.19 bits per heavy atom. The third kappa shape index (κ3) is 2.12. The predicted octanol–water partition coefficient (Wildman–Crippen LogP) is -0.931. The molecule has 0 saturated carbocycles. The Bertz CT molecular complexity index is 563. The number of aliphatic hydroxyl groups excluding tert-OH is 1. The topological polar surface area (TPSA) is 135 Å². The second-order valence-corrected chi connectivity index (χ2v) is 4.92. The number of aliphatic hydroxyl groups is 1. The van der Waals surface area contributed by atoms with Crippen LogP contribution in [0.25, 0.3) is 0 Å². The van der Waals surface area contributed by atoms with Crippen LogP contribution < -0.4 is 0 Å². The molecule has 0 aliphatic heterocycles. The summed E-state index contributed by atoms with van der Waals surface area (Å²) in [6.07, 6.45) is 0. The van der Waals surface area contributed by atoms with E-state index in [1.807, 2.05) is 15.6 Å². The summed E-state index contributed by atoms with van der Waals surface area (Å²) >= 11 is 2.04. The van der Waals surface area contributed by atoms with Crippen molar-refractivity contribution in [1.82, 2.24) is 0 Å². The number of phenolic OH excluding ortho intramolecular Hbond substituents is 3. The van der Waals surface area contributed by atoms with Crippen LogP contribution in [0.15, 0.2) is 11.0 Å². The molecule has 0 aromatic heterocycles. The van der Waals surface area contributed by atoms with Crippen LogP contribution in [0.2, 0.25) is 0 Å². The zero-order valence-corrected chi connectivity index (χ0v) is 9.98. The van der Waals surface area contributed by atoms with Gasteiger partial charge in [-0.15, -0.1) is 0 Å². The maximum atomic E-state index is 10.9. The molecule has 0 bridgehead atoms. The van der Waals surface area contributed by atoms with E-state index in [1.54, 1.807) is 0 Å². The van der Waals surface area contributed by atoms with Crippen LogP contribution in [-0.4, -0.2) is 53.6 Å². The summed E-state index contributed by atoms with van der Waals surface area (Å²) in [5.74, 6) is -3.21. The number of hydrogen-bond acceptors (Lipinski definition) is 6. The summed E-state index contributed by atoms with van der Waals surface area (Å²) in [7, 11) is -4.87. The van der Waals surface area contributed by atoms with Crippen molar-refractivity contribution in [3.8, 4) is 17.2 Å². The van der Waals surface area contributed by atoms with Gasteiger partial charge in [-0.2, -0.15) is 0 Å². The van der Waals surface area contributed by atoms with Crippen LogP contribution in [0.1, 0.15) is 5.56 Å². The molecule has 0 saturated heterocycles. The second-order valence-electron chi connectivity index (χ2n) is 2.75. The molecular weight excluding hydrogens is 307 g/mol. The zero-order chi connectivity index (χ0) is 12.7. The van der Waals surface area contributed by atoms with Gasteiger partial charge in [0.25, 0.3) is 0 Å². The maximum absolute atomic E-state index is 10.9. The standard InChI is InChI=1S/C7H6O7SSe/c8-3-1-2(7(11)16)6(15(12,13)14)5(10)4(3)9/h1,8-10H,(H,11,16)(H,12,13,14). The second kappa shape index (κ2) is 3.95. The van der Waals surface area contributed by atoms with E-state index in [0.29, 0.717) is 6.07 Å². The molecule has 0 atom stereocenters. The Morgan fingerprint density at radius 2 is 1.69 bits per heavy atom. The normalized spacial score (nSPS) is 11.3. The quantitative estimate of drug-likeness (QED) is 0.270. The third-order valence-electron chi connectivity index (χ3n) is 1.70. The molecular formula is C7H6O7SSe. The van der Waals surface area contributed by atoms with E-state index in [2.05, 4.69) is 0 Å². The fraction of sp³-hybridized carbons (Fsp3) is 0. The monoisotopic (exact) mass is 314 g/mol. The van der Waals surface area contributed by atoms with Gasteiger partial charge in [0.1, 0.15) is 0 Å². The van der Waals surface area contributed by atoms with Gasteiger partial charge in [0.2, 0.25) is 0 Å². The summed E-state index contributed by atoms with van der Waals surface area (Å²) in [5, 5.41) is 36.5. The average Bonchev–Trinajstić information content (AvgIpc) is 2.10. The Kier molecular flexibility index (Phi) is 3.15. The van der Waals surface area contributed by atoms with Crippen LogP contribution in [-0.2, 0) is 10.1 Å². The van der Waals surface area contributed by atoms with Crippen LogP contribution in [0.5, 0.6) is 17.2 Å². The summed E-state index contributed by atoms with van der Waals surface area (Å²) in [5.41, 5.74) is -0.560. The number of aromatic hydroxyl groups is 3. The number of benzene rings is 1. The van der Waals surface area contributed by atoms with Crippen molar-refractivity contribution in [1.29, 1.82) is 0 Å². The van der Waals surface area contributed by atoms with Crippen LogP contribution in [0.4, 0.5) is 0 Å². The Labute approximate surface area is 97.7 Å². The molecule has 9 heteroatoms. The molecule has 0 unspecified atom stereocenters. The Morgan fingerprint density at radius 3 is 2.06 bits per heavy atom. The molecule has 0 fully saturated rings. The zero-order valence-electron chi connectivity index (χ0n) is 7.45. The molecule has 1 aromatic rings. The summed E-state index contributed by atoms with van der Waals surface area (Å²) in [4.78, 5) is -1.10. The third-order valence-corrected chi connectivity index (χ3v) is 3.09. The first-order valence-corrected chi connectivity index (χ1v) is 5.94. The Hall–Kier alpha value is -1.28. The minimum absolute atomic E-state index is 0.560. The van der Waals surface area contributed by atoms with Gasteiger partial charge in [0.05, 0.1) is 0 Å². The summed E-state index contributed by atoms with van der Waals surface area (Å²) in [6.45, 7) is 0. The van der Waals surface area contributed by atoms with Crippen molar-refractivity contribution < 1.29 is 33.4 Å². The molecule has 0 aliphatic rings. The number of phenols is 3. The van der Waals surface area contributed by atoms with Gasteiger partial charge in [-0.25, -0.2) is 0 Å². The van der Waals surface area contributed by atoms with Crippen molar-refractivity contribution in [2.75, 3.05) is 0 Å². The van der Waals surface area contributed by atoms with Crippen LogP contribution >= 0.6 is 0 Å². The van der Waals surface area contributed by atoms with E-state index in [4.69, 9.17) is 19.9 Å². The van der Waals surface area contributed by atoms with Crippen molar-refractivity contribution in [3.05, 3.63) is 11.6 Å². The number of rotatable bonds is 2. The van der Waals surface area contributed by atoms with E-state index < -0.39 is 42.4 Å². The van der Waals surface area contributed by atoms with Gasteiger partial charge in [-0.3, -0.25) is 0 Å². The van der Waals surface area contributed by atoms with Crippen molar-refractivity contribution >= 4 is 30.3 Å². The fourth-order valence-electron chi connectivity index (χ4n) is 1.05. The van der Waals surface area contributed by atoms with Crippen molar-refractivity contribution in [2.24, 2.45) is 0 Å². The molecule has 7 nitrogen and oxygen atoms in total. The summed E-state index contributed by atoms with van der Waals surface area (Å²) < 4.78 is 29.9. The molecule has 16 heavy (non-hydrogen) atoms. The number of hydrogen-bond donors (Lipinski definition) is 5. The molecule has 88 valence electrons. The first-order chi connectivity index (χ1) is 7.16. The molecule has 0 heterocycles. The molecule has 0 spiro atoms. The predicted molar refractivity (Wildman–Crippen MR) is 53.0 cm³/mol. The SMILES string of the molecule is O=S(=O)(O)c1c(C(O)=[Se])cc(O)c(O)c1O. The molecule has 0 aliphatic carbocycles. The van der Waals surface area contributed by atoms with E-state index in [9.17, 15) is 13.5 Å². The van der Waals surface area contributed by atoms with E-state index in [-0.39, 0.29) is 0 Å². The molecule has 0 amide bonds. The first kappa shape index (κ1) is 12.8. The van der Waals surface area contributed by atoms with Gasteiger partial charge >= 0.3 is 97.5 Å². The molecule has 5 N–H and O–H groups in total. The van der Waals surface area contributed by atoms with Crippen LogP contribution in [0.3, 0.4) is 0 Å². The van der Waals surface area contributed by atoms with E-state index >= 15 is 0 Å². The van der Waals surface area contributed by atoms with Gasteiger partial charge < -0.3 is 0 Å². The van der Waals surface area contributed by atoms with Gasteiger partial charge in [-0.1, -0.05) is 0 Å². The van der Waals surface area contributed by atoms with Gasteiger partial charge in [-0.05, 0) is 0 Å². The van der Waals surface area contributed by atoms with Crippen molar-refractivity contribution in [2.45, 2.75) is 4.90 Å². The fourth-order valence-corrected chi connectivity index (χ4v) is 2.31. The van der Waals surface area contributed by atoms with Crippen molar-refractivity contribution in [3.63, 3.8) is 0 Å². The minimum atomic E-state index is -4.87. The molecule has 1 rings (SSSR count).